The Bertz CT molecular complexity index is 1160. The van der Waals surface area contributed by atoms with E-state index in [-0.39, 0.29) is 5.91 Å². The van der Waals surface area contributed by atoms with Crippen LogP contribution in [0.25, 0.3) is 10.9 Å². The van der Waals surface area contributed by atoms with Crippen LogP contribution >= 0.6 is 15.9 Å². The highest BCUT2D eigenvalue weighted by Gasteiger charge is 2.20. The molecule has 5 heteroatoms. The van der Waals surface area contributed by atoms with Gasteiger partial charge < -0.3 is 9.88 Å². The average molecular weight is 466 g/mol. The molecule has 0 saturated carbocycles. The van der Waals surface area contributed by atoms with Gasteiger partial charge in [0.1, 0.15) is 0 Å². The van der Waals surface area contributed by atoms with Crippen molar-refractivity contribution in [1.82, 2.24) is 14.9 Å². The molecule has 1 amide bonds. The minimum atomic E-state index is -0.0433. The van der Waals surface area contributed by atoms with Gasteiger partial charge in [-0.25, -0.2) is 0 Å². The normalized spacial score (nSPS) is 15.9. The lowest BCUT2D eigenvalue weighted by Gasteiger charge is -2.15. The largest absolute Gasteiger partial charge is 0.348 e. The summed E-state index contributed by atoms with van der Waals surface area (Å²) in [4.78, 5) is 18.0. The molecule has 4 rings (SSSR count). The number of amides is 1. The number of allylic oxidation sites excluding steroid dienone is 2. The molecule has 3 aromatic rings. The lowest BCUT2D eigenvalue weighted by atomic mass is 10.0. The van der Waals surface area contributed by atoms with Gasteiger partial charge in [-0.15, -0.1) is 0 Å². The smallest absolute Gasteiger partial charge is 0.252 e. The molecule has 3 heterocycles. The number of aryl methyl sites for hydroxylation is 3. The van der Waals surface area contributed by atoms with Crippen LogP contribution in [-0.2, 0) is 19.4 Å². The van der Waals surface area contributed by atoms with E-state index in [9.17, 15) is 4.79 Å². The summed E-state index contributed by atoms with van der Waals surface area (Å²) in [6.07, 6.45) is 9.45. The molecule has 1 N–H and O–H groups in total. The fourth-order valence-corrected chi connectivity index (χ4v) is 4.87. The molecule has 4 nitrogen and oxygen atoms in total. The zero-order chi connectivity index (χ0) is 21.4. The first-order valence-corrected chi connectivity index (χ1v) is 11.4. The predicted octanol–water partition coefficient (Wildman–Crippen LogP) is 5.97. The van der Waals surface area contributed by atoms with Gasteiger partial charge >= 0.3 is 0 Å². The van der Waals surface area contributed by atoms with Gasteiger partial charge in [-0.1, -0.05) is 28.1 Å². The third kappa shape index (κ3) is 3.95. The molecule has 1 aromatic carbocycles. The first kappa shape index (κ1) is 20.9. The second-order valence-corrected chi connectivity index (χ2v) is 9.30. The SMILES string of the molecule is Cc1cc2c(c(C)n1)CNC(=O)c1cc(Br)cc3c1c(cn3C(C)C)C/C=C/CC2. The molecule has 0 spiro atoms. The number of nitrogens with zero attached hydrogens (tertiary/aromatic N) is 2. The first-order valence-electron chi connectivity index (χ1n) is 10.6. The molecule has 0 fully saturated rings. The third-order valence-electron chi connectivity index (χ3n) is 5.84. The van der Waals surface area contributed by atoms with Crippen LogP contribution in [0.3, 0.4) is 0 Å². The highest BCUT2D eigenvalue weighted by molar-refractivity contribution is 9.10. The van der Waals surface area contributed by atoms with Crippen molar-refractivity contribution in [3.63, 3.8) is 0 Å². The number of rotatable bonds is 1. The summed E-state index contributed by atoms with van der Waals surface area (Å²) < 4.78 is 3.18. The molecule has 0 saturated heterocycles. The van der Waals surface area contributed by atoms with Crippen LogP contribution in [0.1, 0.15) is 64.7 Å². The van der Waals surface area contributed by atoms with Crippen LogP contribution < -0.4 is 5.32 Å². The van der Waals surface area contributed by atoms with E-state index < -0.39 is 0 Å². The lowest BCUT2D eigenvalue weighted by molar-refractivity contribution is 0.0952. The summed E-state index contributed by atoms with van der Waals surface area (Å²) in [6, 6.07) is 6.53. The molecule has 0 unspecified atom stereocenters. The highest BCUT2D eigenvalue weighted by Crippen LogP contribution is 2.32. The van der Waals surface area contributed by atoms with Gasteiger partial charge in [-0.05, 0) is 81.8 Å². The maximum atomic E-state index is 13.3. The van der Waals surface area contributed by atoms with Gasteiger partial charge in [-0.3, -0.25) is 9.78 Å². The summed E-state index contributed by atoms with van der Waals surface area (Å²) in [6.45, 7) is 8.90. The number of hydrogen-bond acceptors (Lipinski definition) is 2. The molecule has 0 aliphatic carbocycles. The minimum Gasteiger partial charge on any atom is -0.348 e. The minimum absolute atomic E-state index is 0.0433. The number of halogens is 1. The number of pyridine rings is 1. The molecular weight excluding hydrogens is 438 g/mol. The van der Waals surface area contributed by atoms with Crippen molar-refractivity contribution >= 4 is 32.7 Å². The number of benzene rings is 1. The summed E-state index contributed by atoms with van der Waals surface area (Å²) in [7, 11) is 0. The van der Waals surface area contributed by atoms with Crippen LogP contribution in [-0.4, -0.2) is 15.5 Å². The Labute approximate surface area is 186 Å². The zero-order valence-corrected chi connectivity index (χ0v) is 19.6. The van der Waals surface area contributed by atoms with Crippen LogP contribution in [0.15, 0.2) is 41.0 Å². The maximum absolute atomic E-state index is 13.3. The molecule has 30 heavy (non-hydrogen) atoms. The van der Waals surface area contributed by atoms with Crippen molar-refractivity contribution in [2.75, 3.05) is 0 Å². The van der Waals surface area contributed by atoms with Crippen molar-refractivity contribution in [3.8, 4) is 0 Å². The van der Waals surface area contributed by atoms with Crippen LogP contribution in [0, 0.1) is 13.8 Å². The van der Waals surface area contributed by atoms with E-state index in [2.05, 4.69) is 75.1 Å². The standard InChI is InChI=1S/C25H28BrN3O/c1-15(2)29-14-19-9-7-5-6-8-18-10-16(3)28-17(4)22(18)13-27-25(30)21-11-20(26)12-23(29)24(19)21/h5,7,10-12,14-15H,6,8-9,13H2,1-4H3,(H,27,30)/b7-5+. The molecule has 1 aliphatic heterocycles. The van der Waals surface area contributed by atoms with Crippen LogP contribution in [0.4, 0.5) is 0 Å². The van der Waals surface area contributed by atoms with Crippen LogP contribution in [0.2, 0.25) is 0 Å². The van der Waals surface area contributed by atoms with Gasteiger partial charge in [0.05, 0.1) is 11.1 Å². The van der Waals surface area contributed by atoms with Crippen molar-refractivity contribution in [2.45, 2.75) is 59.5 Å². The number of carbonyl (C=O) groups is 1. The van der Waals surface area contributed by atoms with E-state index in [1.165, 1.54) is 11.1 Å². The van der Waals surface area contributed by atoms with E-state index in [0.717, 1.165) is 57.2 Å². The molecule has 2 aromatic heterocycles. The molecule has 0 atom stereocenters. The van der Waals surface area contributed by atoms with E-state index in [0.29, 0.717) is 12.6 Å². The number of fused-ring (bicyclic) bond motifs is 1. The predicted molar refractivity (Wildman–Crippen MR) is 126 cm³/mol. The maximum Gasteiger partial charge on any atom is 0.252 e. The van der Waals surface area contributed by atoms with Crippen molar-refractivity contribution in [3.05, 3.63) is 74.7 Å². The van der Waals surface area contributed by atoms with Crippen molar-refractivity contribution in [1.29, 1.82) is 0 Å². The Morgan fingerprint density at radius 2 is 1.93 bits per heavy atom. The molecule has 156 valence electrons. The van der Waals surface area contributed by atoms with Gasteiger partial charge in [-0.2, -0.15) is 0 Å². The average Bonchev–Trinajstić information content (AvgIpc) is 3.04. The Morgan fingerprint density at radius 3 is 2.70 bits per heavy atom. The quantitative estimate of drug-likeness (QED) is 0.449. The van der Waals surface area contributed by atoms with E-state index in [4.69, 9.17) is 0 Å². The zero-order valence-electron chi connectivity index (χ0n) is 18.1. The third-order valence-corrected chi connectivity index (χ3v) is 6.30. The Kier molecular flexibility index (Phi) is 5.83. The number of carbonyl (C=O) groups excluding carboxylic acids is 1. The summed E-state index contributed by atoms with van der Waals surface area (Å²) in [5.74, 6) is -0.0433. The van der Waals surface area contributed by atoms with Gasteiger partial charge in [0.25, 0.3) is 5.91 Å². The monoisotopic (exact) mass is 465 g/mol. The molecule has 0 radical (unpaired) electrons. The van der Waals surface area contributed by atoms with Gasteiger partial charge in [0, 0.05) is 40.0 Å². The lowest BCUT2D eigenvalue weighted by Crippen LogP contribution is -2.24. The second kappa shape index (κ2) is 8.38. The number of nitrogens with one attached hydrogen (secondary N) is 1. The fraction of sp³-hybridized carbons (Fsp3) is 0.360. The van der Waals surface area contributed by atoms with Crippen molar-refractivity contribution in [2.24, 2.45) is 0 Å². The number of aromatic nitrogens is 2. The van der Waals surface area contributed by atoms with Crippen LogP contribution in [0.5, 0.6) is 0 Å². The Morgan fingerprint density at radius 1 is 1.13 bits per heavy atom. The van der Waals surface area contributed by atoms with E-state index in [1.807, 2.05) is 19.9 Å². The van der Waals surface area contributed by atoms with E-state index in [1.54, 1.807) is 0 Å². The summed E-state index contributed by atoms with van der Waals surface area (Å²) in [5, 5.41) is 4.22. The summed E-state index contributed by atoms with van der Waals surface area (Å²) >= 11 is 3.62. The summed E-state index contributed by atoms with van der Waals surface area (Å²) in [5.41, 5.74) is 7.44. The highest BCUT2D eigenvalue weighted by atomic mass is 79.9. The Hall–Kier alpha value is -2.40. The molecular formula is C25H28BrN3O. The van der Waals surface area contributed by atoms with E-state index >= 15 is 0 Å². The molecule has 1 aliphatic rings. The Balaban J connectivity index is 1.85. The first-order chi connectivity index (χ1) is 14.3. The topological polar surface area (TPSA) is 46.9 Å². The fourth-order valence-electron chi connectivity index (χ4n) is 4.43. The second-order valence-electron chi connectivity index (χ2n) is 8.39. The number of hydrogen-bond donors (Lipinski definition) is 1. The van der Waals surface area contributed by atoms with Gasteiger partial charge in [0.15, 0.2) is 0 Å². The van der Waals surface area contributed by atoms with Crippen molar-refractivity contribution < 1.29 is 4.79 Å². The van der Waals surface area contributed by atoms with Gasteiger partial charge in [0.2, 0.25) is 0 Å². The molecule has 0 bridgehead atoms.